The summed E-state index contributed by atoms with van der Waals surface area (Å²) >= 11 is 0. The van der Waals surface area contributed by atoms with Gasteiger partial charge in [-0.15, -0.1) is 0 Å². The van der Waals surface area contributed by atoms with Crippen LogP contribution in [-0.4, -0.2) is 24.5 Å². The highest BCUT2D eigenvalue weighted by atomic mass is 16.5. The molecule has 1 aliphatic rings. The summed E-state index contributed by atoms with van der Waals surface area (Å²) in [5, 5.41) is 5.60. The summed E-state index contributed by atoms with van der Waals surface area (Å²) in [4.78, 5) is 23.8. The van der Waals surface area contributed by atoms with E-state index in [1.54, 1.807) is 0 Å². The van der Waals surface area contributed by atoms with Gasteiger partial charge in [0, 0.05) is 6.54 Å². The van der Waals surface area contributed by atoms with Crippen molar-refractivity contribution >= 4 is 17.5 Å². The van der Waals surface area contributed by atoms with Crippen LogP contribution < -0.4 is 15.4 Å². The Labute approximate surface area is 125 Å². The van der Waals surface area contributed by atoms with Crippen LogP contribution in [0.15, 0.2) is 18.2 Å². The molecule has 1 unspecified atom stereocenters. The molecule has 1 heterocycles. The molecule has 0 saturated carbocycles. The molecule has 1 aliphatic heterocycles. The van der Waals surface area contributed by atoms with Gasteiger partial charge in [-0.1, -0.05) is 19.9 Å². The van der Waals surface area contributed by atoms with Gasteiger partial charge in [-0.2, -0.15) is 0 Å². The third-order valence-corrected chi connectivity index (χ3v) is 3.37. The number of rotatable bonds is 5. The van der Waals surface area contributed by atoms with Gasteiger partial charge in [-0.3, -0.25) is 9.59 Å². The van der Waals surface area contributed by atoms with Gasteiger partial charge in [0.15, 0.2) is 6.10 Å². The second-order valence-corrected chi connectivity index (χ2v) is 5.83. The van der Waals surface area contributed by atoms with E-state index in [1.165, 1.54) is 0 Å². The number of benzene rings is 1. The molecule has 21 heavy (non-hydrogen) atoms. The fourth-order valence-corrected chi connectivity index (χ4v) is 2.14. The fraction of sp³-hybridized carbons (Fsp3) is 0.500. The maximum atomic E-state index is 12.0. The number of fused-ring (bicyclic) bond motifs is 1. The molecule has 2 N–H and O–H groups in total. The van der Waals surface area contributed by atoms with Gasteiger partial charge in [-0.25, -0.2) is 0 Å². The first-order chi connectivity index (χ1) is 9.95. The summed E-state index contributed by atoms with van der Waals surface area (Å²) in [5.74, 6) is 0.716. The Kier molecular flexibility index (Phi) is 4.83. The Balaban J connectivity index is 1.91. The highest BCUT2D eigenvalue weighted by molar-refractivity contribution is 6.00. The minimum atomic E-state index is -0.765. The van der Waals surface area contributed by atoms with E-state index in [1.807, 2.05) is 25.1 Å². The average Bonchev–Trinajstić information content (AvgIpc) is 2.39. The van der Waals surface area contributed by atoms with E-state index in [4.69, 9.17) is 4.74 Å². The summed E-state index contributed by atoms with van der Waals surface area (Å²) in [6, 6.07) is 5.58. The Morgan fingerprint density at radius 3 is 2.90 bits per heavy atom. The smallest absolute Gasteiger partial charge is 0.266 e. The number of hydrogen-bond donors (Lipinski definition) is 2. The van der Waals surface area contributed by atoms with Crippen LogP contribution in [0.4, 0.5) is 5.69 Å². The maximum absolute atomic E-state index is 12.0. The van der Waals surface area contributed by atoms with E-state index >= 15 is 0 Å². The first-order valence-electron chi connectivity index (χ1n) is 7.30. The Morgan fingerprint density at radius 2 is 2.19 bits per heavy atom. The van der Waals surface area contributed by atoms with Crippen LogP contribution >= 0.6 is 0 Å². The number of hydrogen-bond acceptors (Lipinski definition) is 3. The molecule has 0 radical (unpaired) electrons. The van der Waals surface area contributed by atoms with Crippen molar-refractivity contribution in [3.63, 3.8) is 0 Å². The van der Waals surface area contributed by atoms with Crippen molar-refractivity contribution < 1.29 is 14.3 Å². The zero-order valence-electron chi connectivity index (χ0n) is 12.7. The number of amides is 2. The van der Waals surface area contributed by atoms with Gasteiger partial charge in [0.05, 0.1) is 12.1 Å². The van der Waals surface area contributed by atoms with E-state index in [2.05, 4.69) is 24.5 Å². The van der Waals surface area contributed by atoms with Crippen molar-refractivity contribution in [1.29, 1.82) is 0 Å². The minimum absolute atomic E-state index is 0.0389. The number of aryl methyl sites for hydroxylation is 1. The molecular formula is C16H22N2O3. The predicted octanol–water partition coefficient (Wildman–Crippen LogP) is 2.25. The molecule has 0 fully saturated rings. The molecule has 0 bridgehead atoms. The van der Waals surface area contributed by atoms with Crippen LogP contribution in [0.2, 0.25) is 0 Å². The average molecular weight is 290 g/mol. The van der Waals surface area contributed by atoms with Crippen molar-refractivity contribution in [2.75, 3.05) is 11.9 Å². The summed E-state index contributed by atoms with van der Waals surface area (Å²) in [5.41, 5.74) is 1.71. The van der Waals surface area contributed by atoms with Gasteiger partial charge in [0.2, 0.25) is 5.91 Å². The van der Waals surface area contributed by atoms with E-state index < -0.39 is 6.10 Å². The third-order valence-electron chi connectivity index (χ3n) is 3.37. The summed E-state index contributed by atoms with van der Waals surface area (Å²) in [7, 11) is 0. The van der Waals surface area contributed by atoms with Gasteiger partial charge >= 0.3 is 0 Å². The van der Waals surface area contributed by atoms with Gasteiger partial charge < -0.3 is 15.4 Å². The molecule has 0 aromatic heterocycles. The summed E-state index contributed by atoms with van der Waals surface area (Å²) in [6.45, 7) is 6.77. The monoisotopic (exact) mass is 290 g/mol. The second-order valence-electron chi connectivity index (χ2n) is 5.83. The van der Waals surface area contributed by atoms with E-state index in [0.29, 0.717) is 23.9 Å². The zero-order chi connectivity index (χ0) is 15.4. The van der Waals surface area contributed by atoms with Crippen LogP contribution in [0.3, 0.4) is 0 Å². The number of ether oxygens (including phenoxy) is 1. The van der Waals surface area contributed by atoms with Gasteiger partial charge in [0.1, 0.15) is 5.75 Å². The van der Waals surface area contributed by atoms with Crippen molar-refractivity contribution in [2.45, 2.75) is 39.7 Å². The molecule has 1 aromatic carbocycles. The predicted molar refractivity (Wildman–Crippen MR) is 81.3 cm³/mol. The Morgan fingerprint density at radius 1 is 1.43 bits per heavy atom. The largest absolute Gasteiger partial charge is 0.478 e. The van der Waals surface area contributed by atoms with E-state index in [9.17, 15) is 9.59 Å². The molecule has 5 heteroatoms. The van der Waals surface area contributed by atoms with Crippen LogP contribution in [-0.2, 0) is 9.59 Å². The highest BCUT2D eigenvalue weighted by Gasteiger charge is 2.29. The number of carbonyl (C=O) groups excluding carboxylic acids is 2. The quantitative estimate of drug-likeness (QED) is 0.874. The van der Waals surface area contributed by atoms with Crippen molar-refractivity contribution in [3.05, 3.63) is 23.8 Å². The van der Waals surface area contributed by atoms with E-state index in [-0.39, 0.29) is 18.2 Å². The Hall–Kier alpha value is -2.04. The minimum Gasteiger partial charge on any atom is -0.478 e. The topological polar surface area (TPSA) is 67.4 Å². The number of carbonyl (C=O) groups is 2. The standard InChI is InChI=1S/C16H22N2O3/c1-10(2)6-7-17-15(19)9-14-16(20)18-12-8-11(3)4-5-13(12)21-14/h4-5,8,10,14H,6-7,9H2,1-3H3,(H,17,19)(H,18,20). The SMILES string of the molecule is Cc1ccc2c(c1)NC(=O)C(CC(=O)NCCC(C)C)O2. The van der Waals surface area contributed by atoms with Crippen LogP contribution in [0.5, 0.6) is 5.75 Å². The zero-order valence-corrected chi connectivity index (χ0v) is 12.7. The second kappa shape index (κ2) is 6.61. The van der Waals surface area contributed by atoms with Crippen LogP contribution in [0.25, 0.3) is 0 Å². The first kappa shape index (κ1) is 15.4. The molecule has 0 spiro atoms. The molecule has 114 valence electrons. The van der Waals surface area contributed by atoms with Crippen LogP contribution in [0.1, 0.15) is 32.3 Å². The highest BCUT2D eigenvalue weighted by Crippen LogP contribution is 2.30. The molecular weight excluding hydrogens is 268 g/mol. The summed E-state index contributed by atoms with van der Waals surface area (Å²) < 4.78 is 5.62. The lowest BCUT2D eigenvalue weighted by Gasteiger charge is -2.25. The first-order valence-corrected chi connectivity index (χ1v) is 7.30. The van der Waals surface area contributed by atoms with Crippen molar-refractivity contribution in [3.8, 4) is 5.75 Å². The lowest BCUT2D eigenvalue weighted by Crippen LogP contribution is -2.41. The molecule has 2 rings (SSSR count). The molecule has 5 nitrogen and oxygen atoms in total. The fourth-order valence-electron chi connectivity index (χ4n) is 2.14. The molecule has 2 amide bonds. The maximum Gasteiger partial charge on any atom is 0.266 e. The number of anilines is 1. The molecule has 0 saturated heterocycles. The van der Waals surface area contributed by atoms with Gasteiger partial charge in [-0.05, 0) is 37.0 Å². The Bertz CT molecular complexity index is 540. The lowest BCUT2D eigenvalue weighted by molar-refractivity contribution is -0.130. The normalized spacial score (nSPS) is 17.0. The van der Waals surface area contributed by atoms with Crippen molar-refractivity contribution in [1.82, 2.24) is 5.32 Å². The van der Waals surface area contributed by atoms with Gasteiger partial charge in [0.25, 0.3) is 5.91 Å². The lowest BCUT2D eigenvalue weighted by atomic mass is 10.1. The summed E-state index contributed by atoms with van der Waals surface area (Å²) in [6.07, 6.45) is 0.197. The number of nitrogens with one attached hydrogen (secondary N) is 2. The molecule has 0 aliphatic carbocycles. The molecule has 1 atom stereocenters. The van der Waals surface area contributed by atoms with Crippen LogP contribution in [0, 0.1) is 12.8 Å². The van der Waals surface area contributed by atoms with E-state index in [0.717, 1.165) is 12.0 Å². The van der Waals surface area contributed by atoms with Crippen molar-refractivity contribution in [2.24, 2.45) is 5.92 Å². The molecule has 1 aromatic rings. The third kappa shape index (κ3) is 4.21.